The smallest absolute Gasteiger partial charge is 0.330 e. The number of rotatable bonds is 5. The van der Waals surface area contributed by atoms with Crippen LogP contribution in [0.4, 0.5) is 0 Å². The summed E-state index contributed by atoms with van der Waals surface area (Å²) in [6.07, 6.45) is 9.17. The van der Waals surface area contributed by atoms with E-state index in [0.29, 0.717) is 11.7 Å². The zero-order valence-corrected chi connectivity index (χ0v) is 9.70. The van der Waals surface area contributed by atoms with Gasteiger partial charge in [-0.15, -0.1) is 0 Å². The maximum absolute atomic E-state index is 11.7. The third kappa shape index (κ3) is 2.04. The molecule has 0 bridgehead atoms. The Morgan fingerprint density at radius 1 is 1.62 bits per heavy atom. The van der Waals surface area contributed by atoms with Gasteiger partial charge in [0.2, 0.25) is 0 Å². The number of ketones is 1. The molecule has 16 heavy (non-hydrogen) atoms. The van der Waals surface area contributed by atoms with Crippen molar-refractivity contribution in [2.45, 2.75) is 38.5 Å². The van der Waals surface area contributed by atoms with Gasteiger partial charge in [0.15, 0.2) is 0 Å². The number of ether oxygens (including phenoxy) is 1. The molecule has 0 aliphatic heterocycles. The van der Waals surface area contributed by atoms with Crippen molar-refractivity contribution in [2.24, 2.45) is 11.3 Å². The fraction of sp³-hybridized carbons (Fsp3) is 0.692. The molecule has 0 aromatic carbocycles. The van der Waals surface area contributed by atoms with Crippen molar-refractivity contribution in [3.63, 3.8) is 0 Å². The number of methoxy groups -OCH3 is 1. The molecule has 2 atom stereocenters. The van der Waals surface area contributed by atoms with E-state index in [1.165, 1.54) is 13.2 Å². The van der Waals surface area contributed by atoms with Gasteiger partial charge in [0.1, 0.15) is 5.78 Å². The van der Waals surface area contributed by atoms with Gasteiger partial charge < -0.3 is 4.74 Å². The summed E-state index contributed by atoms with van der Waals surface area (Å²) in [7, 11) is 1.37. The van der Waals surface area contributed by atoms with Crippen LogP contribution in [0.15, 0.2) is 12.2 Å². The summed E-state index contributed by atoms with van der Waals surface area (Å²) in [6.45, 7) is 0. The van der Waals surface area contributed by atoms with E-state index in [4.69, 9.17) is 0 Å². The molecule has 2 aliphatic rings. The van der Waals surface area contributed by atoms with Crippen LogP contribution in [0.3, 0.4) is 0 Å². The van der Waals surface area contributed by atoms with Crippen molar-refractivity contribution in [3.8, 4) is 0 Å². The molecule has 0 N–H and O–H groups in total. The highest BCUT2D eigenvalue weighted by molar-refractivity contribution is 5.90. The third-order valence-corrected chi connectivity index (χ3v) is 3.96. The largest absolute Gasteiger partial charge is 0.466 e. The lowest BCUT2D eigenvalue weighted by atomic mass is 9.95. The quantitative estimate of drug-likeness (QED) is 0.407. The predicted octanol–water partition coefficient (Wildman–Crippen LogP) is 2.26. The monoisotopic (exact) mass is 222 g/mol. The average molecular weight is 222 g/mol. The van der Waals surface area contributed by atoms with Crippen LogP contribution < -0.4 is 0 Å². The summed E-state index contributed by atoms with van der Waals surface area (Å²) in [5.41, 5.74) is 0.0686. The first kappa shape index (κ1) is 11.4. The highest BCUT2D eigenvalue weighted by Gasteiger charge is 2.61. The molecule has 2 saturated carbocycles. The van der Waals surface area contributed by atoms with Crippen molar-refractivity contribution >= 4 is 11.8 Å². The lowest BCUT2D eigenvalue weighted by Gasteiger charge is -2.08. The van der Waals surface area contributed by atoms with E-state index in [-0.39, 0.29) is 11.4 Å². The van der Waals surface area contributed by atoms with E-state index in [1.807, 2.05) is 6.08 Å². The van der Waals surface area contributed by atoms with Crippen LogP contribution in [0.5, 0.6) is 0 Å². The second-order valence-corrected chi connectivity index (χ2v) is 4.84. The second-order valence-electron chi connectivity index (χ2n) is 4.84. The molecule has 3 nitrogen and oxygen atoms in total. The number of fused-ring (bicyclic) bond motifs is 1. The Morgan fingerprint density at radius 3 is 3.00 bits per heavy atom. The summed E-state index contributed by atoms with van der Waals surface area (Å²) < 4.78 is 4.50. The highest BCUT2D eigenvalue weighted by atomic mass is 16.5. The number of unbranched alkanes of at least 4 members (excludes halogenated alkanes) is 1. The number of carbonyl (C=O) groups is 2. The summed E-state index contributed by atoms with van der Waals surface area (Å²) in [4.78, 5) is 22.5. The van der Waals surface area contributed by atoms with Crippen LogP contribution in [0.1, 0.15) is 38.5 Å². The summed E-state index contributed by atoms with van der Waals surface area (Å²) in [5.74, 6) is 0.860. The first-order valence-electron chi connectivity index (χ1n) is 5.97. The lowest BCUT2D eigenvalue weighted by molar-refractivity contribution is -0.134. The minimum absolute atomic E-state index is 0.0686. The van der Waals surface area contributed by atoms with Crippen LogP contribution in [0.25, 0.3) is 0 Å². The van der Waals surface area contributed by atoms with Crippen molar-refractivity contribution in [1.82, 2.24) is 0 Å². The van der Waals surface area contributed by atoms with Crippen molar-refractivity contribution in [2.75, 3.05) is 7.11 Å². The van der Waals surface area contributed by atoms with Gasteiger partial charge in [0.05, 0.1) is 7.11 Å². The molecule has 0 radical (unpaired) electrons. The molecule has 0 aromatic rings. The molecule has 0 aromatic heterocycles. The Bertz CT molecular complexity index is 332. The van der Waals surface area contributed by atoms with Crippen molar-refractivity contribution in [3.05, 3.63) is 12.2 Å². The average Bonchev–Trinajstić information content (AvgIpc) is 2.92. The van der Waals surface area contributed by atoms with Crippen LogP contribution in [0.2, 0.25) is 0 Å². The van der Waals surface area contributed by atoms with Gasteiger partial charge in [-0.05, 0) is 38.0 Å². The van der Waals surface area contributed by atoms with Crippen LogP contribution in [-0.2, 0) is 14.3 Å². The van der Waals surface area contributed by atoms with E-state index in [9.17, 15) is 9.59 Å². The van der Waals surface area contributed by atoms with Gasteiger partial charge in [-0.3, -0.25) is 4.79 Å². The van der Waals surface area contributed by atoms with Gasteiger partial charge in [-0.25, -0.2) is 4.79 Å². The van der Waals surface area contributed by atoms with Crippen molar-refractivity contribution < 1.29 is 14.3 Å². The fourth-order valence-electron chi connectivity index (χ4n) is 2.88. The molecule has 0 unspecified atom stereocenters. The summed E-state index contributed by atoms with van der Waals surface area (Å²) in [6, 6.07) is 0. The Hall–Kier alpha value is -1.12. The first-order valence-corrected chi connectivity index (χ1v) is 5.97. The Kier molecular flexibility index (Phi) is 3.13. The summed E-state index contributed by atoms with van der Waals surface area (Å²) >= 11 is 0. The second kappa shape index (κ2) is 4.40. The molecule has 0 amide bonds. The SMILES string of the molecule is COC(=O)/C=C/CCC[C@@]12C[C@@H]1CCC2=O. The zero-order valence-electron chi connectivity index (χ0n) is 9.70. The topological polar surface area (TPSA) is 43.4 Å². The van der Waals surface area contributed by atoms with Crippen molar-refractivity contribution in [1.29, 1.82) is 0 Å². The molecule has 0 heterocycles. The predicted molar refractivity (Wildman–Crippen MR) is 59.8 cm³/mol. The number of Topliss-reactive ketones (excluding diaryl/α,β-unsaturated/α-hetero) is 1. The van der Waals surface area contributed by atoms with E-state index in [0.717, 1.165) is 38.5 Å². The number of hydrogen-bond donors (Lipinski definition) is 0. The van der Waals surface area contributed by atoms with Gasteiger partial charge in [0, 0.05) is 17.9 Å². The van der Waals surface area contributed by atoms with Crippen LogP contribution >= 0.6 is 0 Å². The minimum Gasteiger partial charge on any atom is -0.466 e. The zero-order chi connectivity index (χ0) is 11.6. The molecule has 2 aliphatic carbocycles. The Labute approximate surface area is 95.9 Å². The van der Waals surface area contributed by atoms with E-state index in [1.54, 1.807) is 0 Å². The van der Waals surface area contributed by atoms with E-state index < -0.39 is 0 Å². The number of carbonyl (C=O) groups excluding carboxylic acids is 2. The van der Waals surface area contributed by atoms with Gasteiger partial charge in [0.25, 0.3) is 0 Å². The molecule has 88 valence electrons. The normalized spacial score (nSPS) is 31.8. The molecular weight excluding hydrogens is 204 g/mol. The van der Waals surface area contributed by atoms with E-state index in [2.05, 4.69) is 4.74 Å². The number of hydrogen-bond acceptors (Lipinski definition) is 3. The number of allylic oxidation sites excluding steroid dienone is 1. The first-order chi connectivity index (χ1) is 7.69. The highest BCUT2D eigenvalue weighted by Crippen LogP contribution is 2.63. The fourth-order valence-corrected chi connectivity index (χ4v) is 2.88. The molecule has 2 rings (SSSR count). The molecular formula is C13H18O3. The van der Waals surface area contributed by atoms with Crippen LogP contribution in [-0.4, -0.2) is 18.9 Å². The lowest BCUT2D eigenvalue weighted by Crippen LogP contribution is -2.11. The number of esters is 1. The maximum Gasteiger partial charge on any atom is 0.330 e. The maximum atomic E-state index is 11.7. The van der Waals surface area contributed by atoms with Crippen LogP contribution in [0, 0.1) is 11.3 Å². The summed E-state index contributed by atoms with van der Waals surface area (Å²) in [5, 5.41) is 0. The molecule has 3 heteroatoms. The third-order valence-electron chi connectivity index (χ3n) is 3.96. The minimum atomic E-state index is -0.306. The molecule has 0 spiro atoms. The Morgan fingerprint density at radius 2 is 2.44 bits per heavy atom. The molecule has 2 fully saturated rings. The Balaban J connectivity index is 1.68. The van der Waals surface area contributed by atoms with Gasteiger partial charge >= 0.3 is 5.97 Å². The van der Waals surface area contributed by atoms with E-state index >= 15 is 0 Å². The molecule has 0 saturated heterocycles. The van der Waals surface area contributed by atoms with Gasteiger partial charge in [-0.1, -0.05) is 6.08 Å². The van der Waals surface area contributed by atoms with Gasteiger partial charge in [-0.2, -0.15) is 0 Å². The standard InChI is InChI=1S/C13H18O3/c1-16-12(15)5-3-2-4-8-13-9-10(13)6-7-11(13)14/h3,5,10H,2,4,6-9H2,1H3/b5-3+/t10-,13+/m0/s1.